The molecule has 2 rings (SSSR count). The van der Waals surface area contributed by atoms with Crippen molar-refractivity contribution in [1.82, 2.24) is 9.97 Å². The van der Waals surface area contributed by atoms with Gasteiger partial charge in [0.15, 0.2) is 0 Å². The van der Waals surface area contributed by atoms with E-state index < -0.39 is 0 Å². The maximum atomic E-state index is 5.21. The average Bonchev–Trinajstić information content (AvgIpc) is 2.38. The summed E-state index contributed by atoms with van der Waals surface area (Å²) < 4.78 is 5.21. The summed E-state index contributed by atoms with van der Waals surface area (Å²) in [4.78, 5) is 12.7. The topological polar surface area (TPSA) is 47.4 Å². The molecular formula is C13H13N3O. The fraction of sp³-hybridized carbons (Fsp3) is 0.154. The molecule has 1 heterocycles. The predicted octanol–water partition coefficient (Wildman–Crippen LogP) is 2.54. The molecule has 0 bridgehead atoms. The normalized spacial score (nSPS) is 10.7. The maximum absolute atomic E-state index is 5.21. The van der Waals surface area contributed by atoms with Crippen LogP contribution in [0.5, 0.6) is 5.75 Å². The third-order valence-corrected chi connectivity index (χ3v) is 2.33. The Balaban J connectivity index is 2.29. The number of rotatable bonds is 3. The van der Waals surface area contributed by atoms with E-state index in [4.69, 9.17) is 4.74 Å². The molecule has 0 atom stereocenters. The molecule has 0 amide bonds. The van der Waals surface area contributed by atoms with E-state index in [0.717, 1.165) is 22.8 Å². The Morgan fingerprint density at radius 1 is 1.18 bits per heavy atom. The fourth-order valence-corrected chi connectivity index (χ4v) is 1.41. The Morgan fingerprint density at radius 2 is 1.94 bits per heavy atom. The number of nitrogens with zero attached hydrogens (tertiary/aromatic N) is 3. The van der Waals surface area contributed by atoms with E-state index in [0.29, 0.717) is 0 Å². The number of aryl methyl sites for hydroxylation is 1. The van der Waals surface area contributed by atoms with Crippen LogP contribution in [0, 0.1) is 6.92 Å². The van der Waals surface area contributed by atoms with E-state index in [1.807, 2.05) is 31.2 Å². The minimum absolute atomic E-state index is 0.741. The number of para-hydroxylation sites is 2. The van der Waals surface area contributed by atoms with Crippen molar-refractivity contribution in [2.24, 2.45) is 4.99 Å². The molecular weight excluding hydrogens is 214 g/mol. The van der Waals surface area contributed by atoms with E-state index in [1.165, 1.54) is 0 Å². The lowest BCUT2D eigenvalue weighted by atomic mass is 10.3. The number of benzene rings is 1. The first kappa shape index (κ1) is 11.3. The van der Waals surface area contributed by atoms with Crippen molar-refractivity contribution in [2.75, 3.05) is 7.11 Å². The van der Waals surface area contributed by atoms with Crippen LogP contribution >= 0.6 is 0 Å². The molecule has 0 saturated heterocycles. The van der Waals surface area contributed by atoms with Crippen molar-refractivity contribution >= 4 is 11.9 Å². The molecule has 0 fully saturated rings. The molecule has 17 heavy (non-hydrogen) atoms. The summed E-state index contributed by atoms with van der Waals surface area (Å²) in [6.45, 7) is 1.90. The molecule has 4 heteroatoms. The van der Waals surface area contributed by atoms with Crippen LogP contribution in [0.3, 0.4) is 0 Å². The molecule has 0 spiro atoms. The molecule has 4 nitrogen and oxygen atoms in total. The largest absolute Gasteiger partial charge is 0.494 e. The van der Waals surface area contributed by atoms with E-state index in [-0.39, 0.29) is 0 Å². The van der Waals surface area contributed by atoms with Crippen molar-refractivity contribution < 1.29 is 4.74 Å². The van der Waals surface area contributed by atoms with Crippen molar-refractivity contribution in [2.45, 2.75) is 6.92 Å². The molecule has 0 aliphatic carbocycles. The molecule has 0 unspecified atom stereocenters. The van der Waals surface area contributed by atoms with E-state index >= 15 is 0 Å². The van der Waals surface area contributed by atoms with Crippen LogP contribution in [-0.2, 0) is 0 Å². The van der Waals surface area contributed by atoms with Gasteiger partial charge in [-0.1, -0.05) is 12.1 Å². The standard InChI is InChI=1S/C13H13N3O/c1-10-12(15-8-7-14-10)9-16-11-5-3-4-6-13(11)17-2/h3-9H,1-2H3/b16-9-. The number of aromatic nitrogens is 2. The third kappa shape index (κ3) is 2.66. The van der Waals surface area contributed by atoms with Gasteiger partial charge in [0.2, 0.25) is 0 Å². The highest BCUT2D eigenvalue weighted by atomic mass is 16.5. The molecule has 2 aromatic rings. The first-order chi connectivity index (χ1) is 8.31. The van der Waals surface area contributed by atoms with E-state index in [9.17, 15) is 0 Å². The minimum Gasteiger partial charge on any atom is -0.494 e. The van der Waals surface area contributed by atoms with Crippen LogP contribution in [0.2, 0.25) is 0 Å². The third-order valence-electron chi connectivity index (χ3n) is 2.33. The Hall–Kier alpha value is -2.23. The molecule has 0 N–H and O–H groups in total. The second-order valence-corrected chi connectivity index (χ2v) is 3.46. The summed E-state index contributed by atoms with van der Waals surface area (Å²) in [6.07, 6.45) is 5.01. The molecule has 0 aliphatic heterocycles. The van der Waals surface area contributed by atoms with Crippen LogP contribution in [0.4, 0.5) is 5.69 Å². The van der Waals surface area contributed by atoms with Gasteiger partial charge in [-0.15, -0.1) is 0 Å². The lowest BCUT2D eigenvalue weighted by Gasteiger charge is -2.02. The van der Waals surface area contributed by atoms with Gasteiger partial charge in [-0.25, -0.2) is 0 Å². The predicted molar refractivity (Wildman–Crippen MR) is 67.0 cm³/mol. The van der Waals surface area contributed by atoms with Gasteiger partial charge in [0.05, 0.1) is 19.0 Å². The summed E-state index contributed by atoms with van der Waals surface area (Å²) in [6, 6.07) is 7.58. The van der Waals surface area contributed by atoms with Gasteiger partial charge in [0.25, 0.3) is 0 Å². The lowest BCUT2D eigenvalue weighted by molar-refractivity contribution is 0.416. The van der Waals surface area contributed by atoms with Crippen LogP contribution in [0.15, 0.2) is 41.7 Å². The van der Waals surface area contributed by atoms with Gasteiger partial charge in [-0.05, 0) is 19.1 Å². The molecule has 0 radical (unpaired) electrons. The summed E-state index contributed by atoms with van der Waals surface area (Å²) >= 11 is 0. The second-order valence-electron chi connectivity index (χ2n) is 3.46. The molecule has 0 saturated carbocycles. The first-order valence-electron chi connectivity index (χ1n) is 5.26. The van der Waals surface area contributed by atoms with Gasteiger partial charge >= 0.3 is 0 Å². The Kier molecular flexibility index (Phi) is 3.45. The SMILES string of the molecule is COc1ccccc1/N=C\c1nccnc1C. The quantitative estimate of drug-likeness (QED) is 0.757. The molecule has 1 aromatic heterocycles. The molecule has 1 aromatic carbocycles. The zero-order valence-corrected chi connectivity index (χ0v) is 9.79. The van der Waals surface area contributed by atoms with E-state index in [2.05, 4.69) is 15.0 Å². The highest BCUT2D eigenvalue weighted by Gasteiger charge is 1.99. The number of hydrogen-bond acceptors (Lipinski definition) is 4. The van der Waals surface area contributed by atoms with Gasteiger partial charge in [0.1, 0.15) is 17.1 Å². The van der Waals surface area contributed by atoms with Crippen LogP contribution < -0.4 is 4.74 Å². The average molecular weight is 227 g/mol. The number of aliphatic imine (C=N–C) groups is 1. The van der Waals surface area contributed by atoms with Gasteiger partial charge in [-0.3, -0.25) is 15.0 Å². The zero-order valence-electron chi connectivity index (χ0n) is 9.79. The lowest BCUT2D eigenvalue weighted by Crippen LogP contribution is -1.94. The van der Waals surface area contributed by atoms with E-state index in [1.54, 1.807) is 25.7 Å². The van der Waals surface area contributed by atoms with Crippen LogP contribution in [0.1, 0.15) is 11.4 Å². The minimum atomic E-state index is 0.741. The summed E-state index contributed by atoms with van der Waals surface area (Å²) in [5.74, 6) is 0.741. The number of hydrogen-bond donors (Lipinski definition) is 0. The molecule has 86 valence electrons. The number of methoxy groups -OCH3 is 1. The van der Waals surface area contributed by atoms with Crippen molar-refractivity contribution in [3.8, 4) is 5.75 Å². The summed E-state index contributed by atoms with van der Waals surface area (Å²) in [5, 5.41) is 0. The Bertz CT molecular complexity index is 538. The van der Waals surface area contributed by atoms with Crippen molar-refractivity contribution in [1.29, 1.82) is 0 Å². The summed E-state index contributed by atoms with van der Waals surface area (Å²) in [7, 11) is 1.63. The Labute approximate surface area is 100 Å². The number of ether oxygens (including phenoxy) is 1. The zero-order chi connectivity index (χ0) is 12.1. The highest BCUT2D eigenvalue weighted by Crippen LogP contribution is 2.25. The van der Waals surface area contributed by atoms with Crippen LogP contribution in [-0.4, -0.2) is 23.3 Å². The highest BCUT2D eigenvalue weighted by molar-refractivity contribution is 5.81. The maximum Gasteiger partial charge on any atom is 0.144 e. The first-order valence-corrected chi connectivity index (χ1v) is 5.26. The van der Waals surface area contributed by atoms with Gasteiger partial charge in [0, 0.05) is 12.4 Å². The monoisotopic (exact) mass is 227 g/mol. The Morgan fingerprint density at radius 3 is 2.71 bits per heavy atom. The van der Waals surface area contributed by atoms with Gasteiger partial charge in [-0.2, -0.15) is 0 Å². The molecule has 0 aliphatic rings. The van der Waals surface area contributed by atoms with Crippen molar-refractivity contribution in [3.05, 3.63) is 48.0 Å². The van der Waals surface area contributed by atoms with Crippen molar-refractivity contribution in [3.63, 3.8) is 0 Å². The second kappa shape index (κ2) is 5.21. The smallest absolute Gasteiger partial charge is 0.144 e. The summed E-state index contributed by atoms with van der Waals surface area (Å²) in [5.41, 5.74) is 2.39. The fourth-order valence-electron chi connectivity index (χ4n) is 1.41. The van der Waals surface area contributed by atoms with Gasteiger partial charge < -0.3 is 4.74 Å². The van der Waals surface area contributed by atoms with Crippen LogP contribution in [0.25, 0.3) is 0 Å².